The van der Waals surface area contributed by atoms with Gasteiger partial charge in [-0.1, -0.05) is 0 Å². The molecule has 0 fully saturated rings. The highest BCUT2D eigenvalue weighted by Gasteiger charge is 1.99. The average molecular weight is 139 g/mol. The Morgan fingerprint density at radius 1 is 1.30 bits per heavy atom. The van der Waals surface area contributed by atoms with E-state index in [0.29, 0.717) is 5.56 Å². The summed E-state index contributed by atoms with van der Waals surface area (Å²) in [5.41, 5.74) is 0.359. The van der Waals surface area contributed by atoms with E-state index in [1.54, 1.807) is 0 Å². The van der Waals surface area contributed by atoms with E-state index in [4.69, 9.17) is 15.3 Å². The molecule has 0 saturated heterocycles. The molecule has 0 unspecified atom stereocenters. The van der Waals surface area contributed by atoms with Crippen molar-refractivity contribution in [2.45, 2.75) is 6.61 Å². The molecule has 0 aliphatic rings. The number of phenolic OH excluding ortho intramolecular Hbond substituents is 1. The van der Waals surface area contributed by atoms with Gasteiger partial charge in [-0.3, -0.25) is 0 Å². The molecular weight excluding hydrogens is 132 g/mol. The van der Waals surface area contributed by atoms with Gasteiger partial charge in [-0.2, -0.15) is 0 Å². The molecule has 0 bridgehead atoms. The Hall–Kier alpha value is -1.22. The first-order chi connectivity index (χ1) is 4.74. The lowest BCUT2D eigenvalue weighted by Crippen LogP contribution is -1.82. The number of benzene rings is 1. The Morgan fingerprint density at radius 2 is 2.00 bits per heavy atom. The molecule has 0 aliphatic heterocycles. The quantitative estimate of drug-likeness (QED) is 0.527. The smallest absolute Gasteiger partial charge is 0.132 e. The molecule has 0 atom stereocenters. The van der Waals surface area contributed by atoms with Gasteiger partial charge in [0, 0.05) is 5.56 Å². The highest BCUT2D eigenvalue weighted by atomic mass is 16.3. The highest BCUT2D eigenvalue weighted by Crippen LogP contribution is 2.20. The first-order valence-electron chi connectivity index (χ1n) is 2.78. The van der Waals surface area contributed by atoms with Crippen LogP contribution in [0.4, 0.5) is 0 Å². The van der Waals surface area contributed by atoms with Crippen LogP contribution in [0.5, 0.6) is 11.5 Å². The molecule has 3 nitrogen and oxygen atoms in total. The van der Waals surface area contributed by atoms with E-state index >= 15 is 0 Å². The Morgan fingerprint density at radius 3 is 2.50 bits per heavy atom. The van der Waals surface area contributed by atoms with E-state index in [0.717, 1.165) is 0 Å². The minimum Gasteiger partial charge on any atom is -0.507 e. The van der Waals surface area contributed by atoms with E-state index in [2.05, 4.69) is 6.07 Å². The lowest BCUT2D eigenvalue weighted by Gasteiger charge is -1.98. The van der Waals surface area contributed by atoms with Gasteiger partial charge in [-0.05, 0) is 12.1 Å². The zero-order chi connectivity index (χ0) is 7.56. The second kappa shape index (κ2) is 2.58. The molecular formula is C7H7O3. The topological polar surface area (TPSA) is 60.7 Å². The Labute approximate surface area is 58.2 Å². The molecule has 0 spiro atoms. The van der Waals surface area contributed by atoms with Crippen LogP contribution in [0.2, 0.25) is 0 Å². The van der Waals surface area contributed by atoms with E-state index in [1.807, 2.05) is 0 Å². The summed E-state index contributed by atoms with van der Waals surface area (Å²) in [6.45, 7) is -0.247. The molecule has 3 heteroatoms. The molecule has 1 rings (SSSR count). The maximum Gasteiger partial charge on any atom is 0.132 e. The van der Waals surface area contributed by atoms with Crippen LogP contribution in [-0.4, -0.2) is 15.3 Å². The fraction of sp³-hybridized carbons (Fsp3) is 0.143. The summed E-state index contributed by atoms with van der Waals surface area (Å²) < 4.78 is 0. The zero-order valence-electron chi connectivity index (χ0n) is 5.20. The molecule has 53 valence electrons. The first kappa shape index (κ1) is 6.89. The molecule has 3 N–H and O–H groups in total. The molecule has 1 aromatic carbocycles. The van der Waals surface area contributed by atoms with Gasteiger partial charge in [0.1, 0.15) is 11.5 Å². The number of hydrogen-bond acceptors (Lipinski definition) is 3. The van der Waals surface area contributed by atoms with E-state index in [9.17, 15) is 0 Å². The predicted molar refractivity (Wildman–Crippen MR) is 34.5 cm³/mol. The fourth-order valence-corrected chi connectivity index (χ4v) is 0.629. The molecule has 0 aliphatic carbocycles. The number of rotatable bonds is 1. The van der Waals surface area contributed by atoms with Crippen LogP contribution in [0, 0.1) is 6.07 Å². The van der Waals surface area contributed by atoms with Crippen LogP contribution in [0.3, 0.4) is 0 Å². The molecule has 0 amide bonds. The Balaban J connectivity index is 3.07. The third-order valence-electron chi connectivity index (χ3n) is 1.16. The third-order valence-corrected chi connectivity index (χ3v) is 1.16. The Kier molecular flexibility index (Phi) is 1.78. The van der Waals surface area contributed by atoms with Gasteiger partial charge in [0.25, 0.3) is 0 Å². The molecule has 1 aromatic rings. The second-order valence-electron chi connectivity index (χ2n) is 1.88. The molecule has 0 aromatic heterocycles. The van der Waals surface area contributed by atoms with E-state index < -0.39 is 0 Å². The van der Waals surface area contributed by atoms with Gasteiger partial charge < -0.3 is 15.3 Å². The van der Waals surface area contributed by atoms with Gasteiger partial charge in [-0.15, -0.1) is 0 Å². The molecule has 0 heterocycles. The van der Waals surface area contributed by atoms with Crippen molar-refractivity contribution in [3.05, 3.63) is 23.8 Å². The van der Waals surface area contributed by atoms with Crippen molar-refractivity contribution in [2.24, 2.45) is 0 Å². The fourth-order valence-electron chi connectivity index (χ4n) is 0.629. The lowest BCUT2D eigenvalue weighted by atomic mass is 10.2. The largest absolute Gasteiger partial charge is 0.507 e. The zero-order valence-corrected chi connectivity index (χ0v) is 5.20. The number of aromatic hydroxyl groups is 2. The predicted octanol–water partition coefficient (Wildman–Crippen LogP) is 0.390. The number of phenols is 2. The summed E-state index contributed by atoms with van der Waals surface area (Å²) >= 11 is 0. The minimum atomic E-state index is -0.247. The van der Waals surface area contributed by atoms with Crippen LogP contribution in [-0.2, 0) is 6.61 Å². The van der Waals surface area contributed by atoms with Crippen molar-refractivity contribution in [2.75, 3.05) is 0 Å². The number of aliphatic hydroxyl groups excluding tert-OH is 1. The van der Waals surface area contributed by atoms with Crippen molar-refractivity contribution in [3.8, 4) is 11.5 Å². The van der Waals surface area contributed by atoms with Gasteiger partial charge in [0.15, 0.2) is 0 Å². The summed E-state index contributed by atoms with van der Waals surface area (Å²) in [5.74, 6) is -0.336. The van der Waals surface area contributed by atoms with E-state index in [1.165, 1.54) is 12.1 Å². The van der Waals surface area contributed by atoms with Gasteiger partial charge >= 0.3 is 0 Å². The normalized spacial score (nSPS) is 9.70. The molecule has 1 radical (unpaired) electrons. The maximum atomic E-state index is 8.92. The molecule has 10 heavy (non-hydrogen) atoms. The lowest BCUT2D eigenvalue weighted by molar-refractivity contribution is 0.275. The van der Waals surface area contributed by atoms with Crippen molar-refractivity contribution in [3.63, 3.8) is 0 Å². The number of hydrogen-bond donors (Lipinski definition) is 3. The summed E-state index contributed by atoms with van der Waals surface area (Å²) in [6.07, 6.45) is 0. The van der Waals surface area contributed by atoms with Crippen molar-refractivity contribution >= 4 is 0 Å². The monoisotopic (exact) mass is 139 g/mol. The summed E-state index contributed by atoms with van der Waals surface area (Å²) in [6, 6.07) is 5.02. The summed E-state index contributed by atoms with van der Waals surface area (Å²) in [7, 11) is 0. The van der Waals surface area contributed by atoms with Crippen molar-refractivity contribution < 1.29 is 15.3 Å². The van der Waals surface area contributed by atoms with Crippen molar-refractivity contribution in [1.29, 1.82) is 0 Å². The number of aliphatic hydroxyl groups is 1. The van der Waals surface area contributed by atoms with E-state index in [-0.39, 0.29) is 18.1 Å². The van der Waals surface area contributed by atoms with Crippen LogP contribution in [0.25, 0.3) is 0 Å². The Bertz CT molecular complexity index is 232. The second-order valence-corrected chi connectivity index (χ2v) is 1.88. The maximum absolute atomic E-state index is 8.92. The van der Waals surface area contributed by atoms with Gasteiger partial charge in [0.2, 0.25) is 0 Å². The first-order valence-corrected chi connectivity index (χ1v) is 2.78. The van der Waals surface area contributed by atoms with Crippen LogP contribution >= 0.6 is 0 Å². The summed E-state index contributed by atoms with van der Waals surface area (Å²) in [5, 5.41) is 26.2. The van der Waals surface area contributed by atoms with Crippen LogP contribution < -0.4 is 0 Å². The standard InChI is InChI=1S/C7H7O3/c8-4-5-1-2-6(9)3-7(5)10/h1-2,8-10H,4H2. The van der Waals surface area contributed by atoms with Gasteiger partial charge in [0.05, 0.1) is 12.7 Å². The van der Waals surface area contributed by atoms with Gasteiger partial charge in [-0.25, -0.2) is 0 Å². The highest BCUT2D eigenvalue weighted by molar-refractivity contribution is 5.36. The average Bonchev–Trinajstić information content (AvgIpc) is 1.88. The third kappa shape index (κ3) is 1.19. The van der Waals surface area contributed by atoms with Crippen molar-refractivity contribution in [1.82, 2.24) is 0 Å². The van der Waals surface area contributed by atoms with Crippen LogP contribution in [0.15, 0.2) is 12.1 Å². The molecule has 0 saturated carbocycles. The SMILES string of the molecule is OCc1ccc(O)[c]c1O. The van der Waals surface area contributed by atoms with Crippen LogP contribution in [0.1, 0.15) is 5.56 Å². The summed E-state index contributed by atoms with van der Waals surface area (Å²) in [4.78, 5) is 0. The minimum absolute atomic E-state index is 0.130.